The number of hydrogen-bond donors (Lipinski definition) is 3. The smallest absolute Gasteiger partial charge is 0.224 e. The minimum Gasteiger partial charge on any atom is -0.335 e. The van der Waals surface area contributed by atoms with Gasteiger partial charge in [0.2, 0.25) is 5.91 Å². The molecular weight excluding hydrogens is 507 g/mol. The number of nitrogens with zero attached hydrogens (tertiary/aromatic N) is 5. The minimum atomic E-state index is -0.602. The third-order valence-corrected chi connectivity index (χ3v) is 7.22. The molecule has 0 aliphatic carbocycles. The topological polar surface area (TPSA) is 142 Å². The van der Waals surface area contributed by atoms with E-state index >= 15 is 4.39 Å². The number of rotatable bonds is 6. The number of pyridine rings is 3. The number of Topliss-reactive ketones (excluding diaryl/α,β-unsaturated/α-hetero) is 1. The monoisotopic (exact) mass is 526 g/mol. The number of halogens is 1. The number of imidazole rings is 1. The number of thiophene rings is 1. The highest BCUT2D eigenvalue weighted by molar-refractivity contribution is 7.17. The lowest BCUT2D eigenvalue weighted by molar-refractivity contribution is -0.115. The summed E-state index contributed by atoms with van der Waals surface area (Å²) in [5.74, 6) is -0.443. The molecule has 6 aromatic heterocycles. The van der Waals surface area contributed by atoms with Crippen LogP contribution in [0.2, 0.25) is 0 Å². The highest BCUT2D eigenvalue weighted by Crippen LogP contribution is 2.36. The van der Waals surface area contributed by atoms with Gasteiger partial charge in [-0.25, -0.2) is 9.37 Å². The van der Waals surface area contributed by atoms with E-state index in [0.717, 1.165) is 10.4 Å². The predicted octanol–water partition coefficient (Wildman–Crippen LogP) is 5.38. The third-order valence-electron chi connectivity index (χ3n) is 6.00. The van der Waals surface area contributed by atoms with Crippen LogP contribution in [0.3, 0.4) is 0 Å². The van der Waals surface area contributed by atoms with Crippen molar-refractivity contribution in [3.63, 3.8) is 0 Å². The molecule has 38 heavy (non-hydrogen) atoms. The number of carbonyl (C=O) groups is 2. The lowest BCUT2D eigenvalue weighted by Gasteiger charge is -2.07. The van der Waals surface area contributed by atoms with Crippen molar-refractivity contribution in [3.8, 4) is 33.2 Å². The summed E-state index contributed by atoms with van der Waals surface area (Å²) in [6.07, 6.45) is 8.09. The van der Waals surface area contributed by atoms with Gasteiger partial charge in [0.1, 0.15) is 16.9 Å². The van der Waals surface area contributed by atoms with Crippen LogP contribution in [-0.2, 0) is 4.79 Å². The molecule has 1 amide bonds. The Morgan fingerprint density at radius 2 is 1.89 bits per heavy atom. The van der Waals surface area contributed by atoms with E-state index in [1.165, 1.54) is 36.9 Å². The summed E-state index contributed by atoms with van der Waals surface area (Å²) in [5.41, 5.74) is 3.61. The van der Waals surface area contributed by atoms with E-state index in [1.54, 1.807) is 31.5 Å². The van der Waals surface area contributed by atoms with Gasteiger partial charge >= 0.3 is 0 Å². The molecule has 0 saturated heterocycles. The molecule has 3 N–H and O–H groups in total. The number of ketones is 1. The van der Waals surface area contributed by atoms with Gasteiger partial charge in [-0.3, -0.25) is 29.6 Å². The molecule has 0 bridgehead atoms. The Kier molecular flexibility index (Phi) is 5.72. The molecule has 188 valence electrons. The largest absolute Gasteiger partial charge is 0.335 e. The van der Waals surface area contributed by atoms with Crippen molar-refractivity contribution in [1.29, 1.82) is 0 Å². The van der Waals surface area contributed by atoms with E-state index in [-0.39, 0.29) is 28.5 Å². The van der Waals surface area contributed by atoms with Crippen molar-refractivity contribution in [2.75, 3.05) is 5.32 Å². The third kappa shape index (κ3) is 4.00. The summed E-state index contributed by atoms with van der Waals surface area (Å²) >= 11 is 1.36. The number of fused-ring (bicyclic) bond motifs is 2. The minimum absolute atomic E-state index is 0.0135. The summed E-state index contributed by atoms with van der Waals surface area (Å²) in [4.78, 5) is 45.7. The highest BCUT2D eigenvalue weighted by Gasteiger charge is 2.22. The molecule has 0 spiro atoms. The number of amides is 1. The van der Waals surface area contributed by atoms with Crippen LogP contribution in [0.15, 0.2) is 49.2 Å². The van der Waals surface area contributed by atoms with E-state index in [2.05, 4.69) is 35.5 Å². The zero-order valence-electron chi connectivity index (χ0n) is 20.2. The van der Waals surface area contributed by atoms with Crippen molar-refractivity contribution < 1.29 is 14.0 Å². The molecule has 0 radical (unpaired) electrons. The molecule has 0 aliphatic heterocycles. The molecule has 6 heterocycles. The SMILES string of the molecule is CCC(=O)Nc1cncc(-c2ncc3[nH]nc(-c4nc5c(-c6ccc(C(C)=O)s6)cncc5[nH]4)c3c2F)c1. The molecule has 10 nitrogen and oxygen atoms in total. The predicted molar refractivity (Wildman–Crippen MR) is 142 cm³/mol. The number of anilines is 1. The lowest BCUT2D eigenvalue weighted by atomic mass is 10.1. The zero-order chi connectivity index (χ0) is 26.4. The van der Waals surface area contributed by atoms with Gasteiger partial charge in [0.05, 0.1) is 45.6 Å². The van der Waals surface area contributed by atoms with Crippen molar-refractivity contribution in [3.05, 3.63) is 59.9 Å². The lowest BCUT2D eigenvalue weighted by Crippen LogP contribution is -2.09. The number of hydrogen-bond acceptors (Lipinski definition) is 8. The summed E-state index contributed by atoms with van der Waals surface area (Å²) < 4.78 is 16.0. The fourth-order valence-corrected chi connectivity index (χ4v) is 5.04. The van der Waals surface area contributed by atoms with Gasteiger partial charge in [-0.1, -0.05) is 6.92 Å². The van der Waals surface area contributed by atoms with Crippen molar-refractivity contribution in [1.82, 2.24) is 35.1 Å². The quantitative estimate of drug-likeness (QED) is 0.247. The summed E-state index contributed by atoms with van der Waals surface area (Å²) in [6, 6.07) is 5.25. The molecule has 0 unspecified atom stereocenters. The number of aromatic amines is 2. The van der Waals surface area contributed by atoms with Crippen molar-refractivity contribution >= 4 is 50.7 Å². The van der Waals surface area contributed by atoms with E-state index < -0.39 is 5.82 Å². The summed E-state index contributed by atoms with van der Waals surface area (Å²) in [7, 11) is 0. The van der Waals surface area contributed by atoms with Gasteiger partial charge in [0.15, 0.2) is 17.4 Å². The molecule has 6 rings (SSSR count). The molecule has 0 saturated carbocycles. The number of aromatic nitrogens is 7. The second-order valence-corrected chi connectivity index (χ2v) is 9.62. The highest BCUT2D eigenvalue weighted by atomic mass is 32.1. The van der Waals surface area contributed by atoms with E-state index in [9.17, 15) is 9.59 Å². The standard InChI is InChI=1S/C26H19FN8O2S/c1-3-20(37)31-14-6-13(7-28-8-14)23-22(27)21-16(11-30-23)34-35-25(21)26-32-17-10-29-9-15(24(17)33-26)19-5-4-18(38-19)12(2)36/h4-11H,3H2,1-2H3,(H,31,37)(H,32,33)(H,34,35). The van der Waals surface area contributed by atoms with Crippen LogP contribution < -0.4 is 5.32 Å². The summed E-state index contributed by atoms with van der Waals surface area (Å²) in [6.45, 7) is 3.26. The Hall–Kier alpha value is -4.84. The second-order valence-electron chi connectivity index (χ2n) is 8.53. The van der Waals surface area contributed by atoms with Gasteiger partial charge in [0.25, 0.3) is 0 Å². The van der Waals surface area contributed by atoms with E-state index in [1.807, 2.05) is 6.07 Å². The van der Waals surface area contributed by atoms with Crippen LogP contribution >= 0.6 is 11.3 Å². The van der Waals surface area contributed by atoms with Crippen LogP contribution in [0.25, 0.3) is 55.2 Å². The Morgan fingerprint density at radius 1 is 1.05 bits per heavy atom. The van der Waals surface area contributed by atoms with Gasteiger partial charge in [-0.15, -0.1) is 11.3 Å². The average Bonchev–Trinajstić information content (AvgIpc) is 3.67. The first kappa shape index (κ1) is 23.6. The molecule has 0 aliphatic rings. The number of nitrogens with one attached hydrogen (secondary N) is 3. The van der Waals surface area contributed by atoms with Gasteiger partial charge in [-0.2, -0.15) is 5.10 Å². The number of H-pyrrole nitrogens is 2. The average molecular weight is 527 g/mol. The van der Waals surface area contributed by atoms with E-state index in [0.29, 0.717) is 44.9 Å². The molecular formula is C26H19FN8O2S. The maximum absolute atomic E-state index is 16.0. The Bertz CT molecular complexity index is 1870. The van der Waals surface area contributed by atoms with Gasteiger partial charge in [0, 0.05) is 34.8 Å². The molecule has 0 atom stereocenters. The summed E-state index contributed by atoms with van der Waals surface area (Å²) in [5, 5.41) is 10.1. The van der Waals surface area contributed by atoms with E-state index in [4.69, 9.17) is 4.98 Å². The first-order valence-electron chi connectivity index (χ1n) is 11.7. The Morgan fingerprint density at radius 3 is 2.68 bits per heavy atom. The maximum atomic E-state index is 16.0. The zero-order valence-corrected chi connectivity index (χ0v) is 21.0. The first-order chi connectivity index (χ1) is 18.4. The Balaban J connectivity index is 1.45. The number of carbonyl (C=O) groups excluding carboxylic acids is 2. The van der Waals surface area contributed by atoms with Gasteiger partial charge < -0.3 is 10.3 Å². The molecule has 0 fully saturated rings. The maximum Gasteiger partial charge on any atom is 0.224 e. The fourth-order valence-electron chi connectivity index (χ4n) is 4.13. The van der Waals surface area contributed by atoms with Crippen LogP contribution in [0, 0.1) is 5.82 Å². The normalized spacial score (nSPS) is 11.3. The van der Waals surface area contributed by atoms with Crippen LogP contribution in [-0.4, -0.2) is 46.8 Å². The molecule has 6 aromatic rings. The van der Waals surface area contributed by atoms with Crippen LogP contribution in [0.5, 0.6) is 0 Å². The van der Waals surface area contributed by atoms with Crippen LogP contribution in [0.4, 0.5) is 10.1 Å². The molecule has 12 heteroatoms. The Labute approximate surface area is 218 Å². The van der Waals surface area contributed by atoms with Crippen LogP contribution in [0.1, 0.15) is 29.9 Å². The second kappa shape index (κ2) is 9.23. The van der Waals surface area contributed by atoms with Crippen molar-refractivity contribution in [2.45, 2.75) is 20.3 Å². The van der Waals surface area contributed by atoms with Crippen molar-refractivity contribution in [2.24, 2.45) is 0 Å². The first-order valence-corrected chi connectivity index (χ1v) is 12.5. The fraction of sp³-hybridized carbons (Fsp3) is 0.115. The molecule has 0 aromatic carbocycles. The van der Waals surface area contributed by atoms with Gasteiger partial charge in [-0.05, 0) is 25.1 Å².